The number of likely N-dealkylation sites (tertiary alicyclic amines) is 1. The molecule has 1 saturated heterocycles. The molecule has 1 aromatic rings. The molecule has 0 aliphatic carbocycles. The Morgan fingerprint density at radius 3 is 2.68 bits per heavy atom. The lowest BCUT2D eigenvalue weighted by Crippen LogP contribution is -2.43. The van der Waals surface area contributed by atoms with Crippen LogP contribution >= 0.6 is 23.8 Å². The zero-order valence-corrected chi connectivity index (χ0v) is 12.0. The Morgan fingerprint density at radius 1 is 1.42 bits per heavy atom. The van der Waals surface area contributed by atoms with E-state index in [1.54, 1.807) is 0 Å². The number of rotatable bonds is 2. The summed E-state index contributed by atoms with van der Waals surface area (Å²) in [7, 11) is 0. The first-order valence-corrected chi connectivity index (χ1v) is 6.95. The van der Waals surface area contributed by atoms with Crippen molar-refractivity contribution in [2.24, 2.45) is 11.7 Å². The molecule has 1 heterocycles. The van der Waals surface area contributed by atoms with E-state index in [0.29, 0.717) is 10.1 Å². The monoisotopic (exact) mass is 297 g/mol. The number of carbonyl (C=O) groups excluding carboxylic acids is 1. The van der Waals surface area contributed by atoms with Crippen LogP contribution in [0.5, 0.6) is 0 Å². The minimum Gasteiger partial charge on any atom is -0.369 e. The van der Waals surface area contributed by atoms with Crippen molar-refractivity contribution in [3.05, 3.63) is 29.3 Å². The summed E-state index contributed by atoms with van der Waals surface area (Å²) in [4.78, 5) is 13.2. The Labute approximate surface area is 122 Å². The van der Waals surface area contributed by atoms with Gasteiger partial charge < -0.3 is 16.0 Å². The number of carbonyl (C=O) groups is 1. The molecule has 1 aliphatic heterocycles. The van der Waals surface area contributed by atoms with Gasteiger partial charge >= 0.3 is 0 Å². The predicted molar refractivity (Wildman–Crippen MR) is 81.2 cm³/mol. The van der Waals surface area contributed by atoms with Gasteiger partial charge in [-0.1, -0.05) is 17.7 Å². The van der Waals surface area contributed by atoms with Crippen LogP contribution in [0.1, 0.15) is 12.8 Å². The third kappa shape index (κ3) is 3.81. The molecule has 2 rings (SSSR count). The van der Waals surface area contributed by atoms with Crippen molar-refractivity contribution in [2.45, 2.75) is 12.8 Å². The second-order valence-corrected chi connectivity index (χ2v) is 5.43. The lowest BCUT2D eigenvalue weighted by atomic mass is 9.97. The maximum atomic E-state index is 11.1. The maximum absolute atomic E-state index is 11.1. The van der Waals surface area contributed by atoms with Crippen LogP contribution in [0, 0.1) is 5.92 Å². The van der Waals surface area contributed by atoms with Crippen molar-refractivity contribution in [3.8, 4) is 0 Å². The van der Waals surface area contributed by atoms with Gasteiger partial charge in [0.15, 0.2) is 5.11 Å². The zero-order chi connectivity index (χ0) is 13.8. The molecule has 1 amide bonds. The fraction of sp³-hybridized carbons (Fsp3) is 0.385. The van der Waals surface area contributed by atoms with Crippen LogP contribution in [0.25, 0.3) is 0 Å². The Hall–Kier alpha value is -1.33. The molecule has 0 unspecified atom stereocenters. The number of amides is 1. The topological polar surface area (TPSA) is 58.4 Å². The molecular formula is C13H16ClN3OS. The number of halogens is 1. The van der Waals surface area contributed by atoms with Crippen molar-refractivity contribution in [1.29, 1.82) is 0 Å². The number of piperidine rings is 1. The molecule has 0 aromatic heterocycles. The number of nitrogens with two attached hydrogens (primary N) is 1. The molecule has 1 aliphatic rings. The lowest BCUT2D eigenvalue weighted by molar-refractivity contribution is -0.122. The quantitative estimate of drug-likeness (QED) is 0.822. The smallest absolute Gasteiger partial charge is 0.220 e. The van der Waals surface area contributed by atoms with Gasteiger partial charge in [-0.2, -0.15) is 0 Å². The highest BCUT2D eigenvalue weighted by atomic mass is 35.5. The van der Waals surface area contributed by atoms with Gasteiger partial charge in [-0.25, -0.2) is 0 Å². The standard InChI is InChI=1S/C13H16ClN3OS/c14-10-2-1-3-11(8-10)16-13(19)17-6-4-9(5-7-17)12(15)18/h1-3,8-9H,4-7H2,(H2,15,18)(H,16,19). The molecule has 102 valence electrons. The van der Waals surface area contributed by atoms with Crippen LogP contribution in [0.4, 0.5) is 5.69 Å². The van der Waals surface area contributed by atoms with Crippen LogP contribution in [-0.2, 0) is 4.79 Å². The summed E-state index contributed by atoms with van der Waals surface area (Å²) in [5.41, 5.74) is 6.18. The SMILES string of the molecule is NC(=O)C1CCN(C(=S)Nc2cccc(Cl)c2)CC1. The molecule has 0 saturated carbocycles. The number of thiocarbonyl (C=S) groups is 1. The predicted octanol–water partition coefficient (Wildman–Crippen LogP) is 2.23. The van der Waals surface area contributed by atoms with Crippen molar-refractivity contribution >= 4 is 40.5 Å². The Bertz CT molecular complexity index is 487. The number of benzene rings is 1. The highest BCUT2D eigenvalue weighted by Crippen LogP contribution is 2.19. The number of nitrogens with zero attached hydrogens (tertiary/aromatic N) is 1. The number of hydrogen-bond acceptors (Lipinski definition) is 2. The van der Waals surface area contributed by atoms with Crippen LogP contribution in [-0.4, -0.2) is 29.0 Å². The fourth-order valence-corrected chi connectivity index (χ4v) is 2.63. The van der Waals surface area contributed by atoms with E-state index in [0.717, 1.165) is 31.6 Å². The number of primary amides is 1. The minimum atomic E-state index is -0.214. The summed E-state index contributed by atoms with van der Waals surface area (Å²) in [5, 5.41) is 4.48. The summed E-state index contributed by atoms with van der Waals surface area (Å²) in [6.07, 6.45) is 1.51. The van der Waals surface area contributed by atoms with E-state index >= 15 is 0 Å². The van der Waals surface area contributed by atoms with Gasteiger partial charge in [0.2, 0.25) is 5.91 Å². The molecule has 19 heavy (non-hydrogen) atoms. The second kappa shape index (κ2) is 6.21. The van der Waals surface area contributed by atoms with E-state index in [1.165, 1.54) is 0 Å². The molecule has 0 atom stereocenters. The molecule has 4 nitrogen and oxygen atoms in total. The first-order chi connectivity index (χ1) is 9.06. The fourth-order valence-electron chi connectivity index (χ4n) is 2.14. The Balaban J connectivity index is 1.90. The largest absolute Gasteiger partial charge is 0.369 e. The Kier molecular flexibility index (Phi) is 4.61. The van der Waals surface area contributed by atoms with E-state index in [2.05, 4.69) is 10.2 Å². The van der Waals surface area contributed by atoms with Gasteiger partial charge in [0.25, 0.3) is 0 Å². The van der Waals surface area contributed by atoms with Crippen LogP contribution < -0.4 is 11.1 Å². The number of hydrogen-bond donors (Lipinski definition) is 2. The van der Waals surface area contributed by atoms with E-state index in [9.17, 15) is 4.79 Å². The number of anilines is 1. The molecular weight excluding hydrogens is 282 g/mol. The van der Waals surface area contributed by atoms with Crippen molar-refractivity contribution in [2.75, 3.05) is 18.4 Å². The summed E-state index contributed by atoms with van der Waals surface area (Å²) in [6, 6.07) is 7.42. The summed E-state index contributed by atoms with van der Waals surface area (Å²) in [6.45, 7) is 1.50. The average Bonchev–Trinajstić information content (AvgIpc) is 2.39. The van der Waals surface area contributed by atoms with Crippen LogP contribution in [0.2, 0.25) is 5.02 Å². The van der Waals surface area contributed by atoms with Gasteiger partial charge in [-0.3, -0.25) is 4.79 Å². The molecule has 3 N–H and O–H groups in total. The molecule has 0 spiro atoms. The normalized spacial score (nSPS) is 16.2. The zero-order valence-electron chi connectivity index (χ0n) is 10.4. The van der Waals surface area contributed by atoms with Gasteiger partial charge in [0.05, 0.1) is 0 Å². The Morgan fingerprint density at radius 2 is 2.11 bits per heavy atom. The first kappa shape index (κ1) is 14.1. The van der Waals surface area contributed by atoms with E-state index < -0.39 is 0 Å². The third-order valence-corrected chi connectivity index (χ3v) is 3.86. The van der Waals surface area contributed by atoms with Crippen LogP contribution in [0.3, 0.4) is 0 Å². The highest BCUT2D eigenvalue weighted by Gasteiger charge is 2.24. The summed E-state index contributed by atoms with van der Waals surface area (Å²) in [5.74, 6) is -0.237. The molecule has 1 aromatic carbocycles. The molecule has 0 radical (unpaired) electrons. The van der Waals surface area contributed by atoms with Crippen molar-refractivity contribution in [3.63, 3.8) is 0 Å². The average molecular weight is 298 g/mol. The van der Waals surface area contributed by atoms with Gasteiger partial charge in [-0.15, -0.1) is 0 Å². The van der Waals surface area contributed by atoms with Gasteiger partial charge in [0.1, 0.15) is 0 Å². The van der Waals surface area contributed by atoms with Crippen molar-refractivity contribution < 1.29 is 4.79 Å². The summed E-state index contributed by atoms with van der Waals surface area (Å²) >= 11 is 11.3. The number of nitrogens with one attached hydrogen (secondary N) is 1. The van der Waals surface area contributed by atoms with E-state index in [4.69, 9.17) is 29.6 Å². The second-order valence-electron chi connectivity index (χ2n) is 4.60. The lowest BCUT2D eigenvalue weighted by Gasteiger charge is -2.32. The highest BCUT2D eigenvalue weighted by molar-refractivity contribution is 7.80. The third-order valence-electron chi connectivity index (χ3n) is 3.26. The van der Waals surface area contributed by atoms with Gasteiger partial charge in [0, 0.05) is 29.7 Å². The molecule has 0 bridgehead atoms. The molecule has 6 heteroatoms. The summed E-state index contributed by atoms with van der Waals surface area (Å²) < 4.78 is 0. The van der Waals surface area contributed by atoms with E-state index in [-0.39, 0.29) is 11.8 Å². The maximum Gasteiger partial charge on any atom is 0.220 e. The van der Waals surface area contributed by atoms with E-state index in [1.807, 2.05) is 24.3 Å². The van der Waals surface area contributed by atoms with Crippen LogP contribution in [0.15, 0.2) is 24.3 Å². The first-order valence-electron chi connectivity index (χ1n) is 6.17. The molecule has 1 fully saturated rings. The minimum absolute atomic E-state index is 0.0229. The van der Waals surface area contributed by atoms with Crippen molar-refractivity contribution in [1.82, 2.24) is 4.90 Å². The van der Waals surface area contributed by atoms with Gasteiger partial charge in [-0.05, 0) is 43.3 Å².